The molecule has 168 valence electrons. The van der Waals surface area contributed by atoms with Crippen LogP contribution < -0.4 is 10.1 Å². The number of nitrogens with one attached hydrogen (secondary N) is 1. The maximum atomic E-state index is 11.0. The topological polar surface area (TPSA) is 111 Å². The van der Waals surface area contributed by atoms with Crippen LogP contribution in [0.1, 0.15) is 70.0 Å². The highest BCUT2D eigenvalue weighted by atomic mass is 16.5. The van der Waals surface area contributed by atoms with E-state index in [1.807, 2.05) is 6.07 Å². The number of hydrogen-bond acceptors (Lipinski definition) is 6. The summed E-state index contributed by atoms with van der Waals surface area (Å²) in [6.45, 7) is 2.55. The molecule has 8 nitrogen and oxygen atoms in total. The number of amides is 1. The number of anilines is 1. The van der Waals surface area contributed by atoms with Crippen molar-refractivity contribution in [1.29, 1.82) is 5.26 Å². The quantitative estimate of drug-likeness (QED) is 0.668. The van der Waals surface area contributed by atoms with Crippen molar-refractivity contribution in [1.82, 2.24) is 14.9 Å². The summed E-state index contributed by atoms with van der Waals surface area (Å²) in [5, 5.41) is 21.7. The number of aromatic nitrogens is 2. The second-order valence-electron chi connectivity index (χ2n) is 9.55. The van der Waals surface area contributed by atoms with Crippen LogP contribution in [0.3, 0.4) is 0 Å². The van der Waals surface area contributed by atoms with E-state index in [1.165, 1.54) is 49.8 Å². The summed E-state index contributed by atoms with van der Waals surface area (Å²) >= 11 is 0. The van der Waals surface area contributed by atoms with Crippen LogP contribution in [0, 0.1) is 28.6 Å². The van der Waals surface area contributed by atoms with Crippen molar-refractivity contribution < 1.29 is 14.6 Å². The van der Waals surface area contributed by atoms with Crippen LogP contribution in [-0.4, -0.2) is 52.3 Å². The van der Waals surface area contributed by atoms with E-state index < -0.39 is 6.09 Å². The van der Waals surface area contributed by atoms with Gasteiger partial charge < -0.3 is 20.1 Å². The number of hydrogen-bond donors (Lipinski definition) is 2. The molecule has 0 radical (unpaired) electrons. The highest BCUT2D eigenvalue weighted by molar-refractivity contribution is 5.64. The summed E-state index contributed by atoms with van der Waals surface area (Å²) in [5.41, 5.74) is 0.671. The normalized spacial score (nSPS) is 21.3. The van der Waals surface area contributed by atoms with Crippen molar-refractivity contribution in [3.63, 3.8) is 0 Å². The highest BCUT2D eigenvalue weighted by Crippen LogP contribution is 2.52. The molecule has 1 saturated heterocycles. The maximum Gasteiger partial charge on any atom is 0.407 e. The average molecular weight is 428 g/mol. The van der Waals surface area contributed by atoms with E-state index in [4.69, 9.17) is 9.84 Å². The molecule has 3 aliphatic rings. The number of ether oxygens (including phenoxy) is 1. The molecule has 0 atom stereocenters. The lowest BCUT2D eigenvalue weighted by Gasteiger charge is -2.47. The van der Waals surface area contributed by atoms with Crippen LogP contribution in [0.2, 0.25) is 0 Å². The molecule has 2 aliphatic carbocycles. The fourth-order valence-electron chi connectivity index (χ4n) is 5.30. The Labute approximate surface area is 184 Å². The first-order chi connectivity index (χ1) is 15.0. The largest absolute Gasteiger partial charge is 0.477 e. The third kappa shape index (κ3) is 5.57. The predicted molar refractivity (Wildman–Crippen MR) is 116 cm³/mol. The summed E-state index contributed by atoms with van der Waals surface area (Å²) in [7, 11) is 0. The van der Waals surface area contributed by atoms with E-state index in [0.717, 1.165) is 25.8 Å². The molecule has 1 aromatic rings. The van der Waals surface area contributed by atoms with Gasteiger partial charge in [-0.15, -0.1) is 0 Å². The standard InChI is InChI=1S/C23H33N5O3/c24-15-20-26-19(25-16-18-2-9-23(10-3-18)7-1-8-23)14-21(27-20)31-13-6-17-4-11-28(12-5-17)22(29)30/h14,17-18H,1-13,16H2,(H,29,30)(H,25,26,27). The Morgan fingerprint density at radius 3 is 2.55 bits per heavy atom. The lowest BCUT2D eigenvalue weighted by atomic mass is 9.59. The molecule has 2 heterocycles. The Morgan fingerprint density at radius 2 is 1.94 bits per heavy atom. The fourth-order valence-corrected chi connectivity index (χ4v) is 5.30. The molecule has 4 rings (SSSR count). The van der Waals surface area contributed by atoms with Crippen LogP contribution in [0.5, 0.6) is 5.88 Å². The van der Waals surface area contributed by atoms with Crippen LogP contribution in [-0.2, 0) is 0 Å². The number of carboxylic acid groups (broad SMARTS) is 1. The SMILES string of the molecule is N#Cc1nc(NCC2CCC3(CCC3)CC2)cc(OCCC2CCN(C(=O)O)CC2)n1. The Kier molecular flexibility index (Phi) is 6.79. The van der Waals surface area contributed by atoms with Gasteiger partial charge in [0.1, 0.15) is 11.9 Å². The van der Waals surface area contributed by atoms with Gasteiger partial charge in [-0.25, -0.2) is 9.78 Å². The molecule has 0 aromatic carbocycles. The summed E-state index contributed by atoms with van der Waals surface area (Å²) in [6, 6.07) is 3.81. The zero-order valence-electron chi connectivity index (χ0n) is 18.2. The molecule has 1 aromatic heterocycles. The minimum atomic E-state index is -0.837. The molecule has 3 fully saturated rings. The molecule has 0 bridgehead atoms. The van der Waals surface area contributed by atoms with Crippen molar-refractivity contribution in [2.75, 3.05) is 31.6 Å². The third-order valence-corrected chi connectivity index (χ3v) is 7.62. The first kappa shape index (κ1) is 21.7. The highest BCUT2D eigenvalue weighted by Gasteiger charge is 2.39. The molecular formula is C23H33N5O3. The summed E-state index contributed by atoms with van der Waals surface area (Å²) in [6.07, 6.45) is 11.2. The Bertz CT molecular complexity index is 802. The fraction of sp³-hybridized carbons (Fsp3) is 0.739. The molecule has 2 saturated carbocycles. The van der Waals surface area contributed by atoms with Crippen molar-refractivity contribution in [2.45, 2.75) is 64.2 Å². The van der Waals surface area contributed by atoms with Crippen LogP contribution in [0.15, 0.2) is 6.07 Å². The Morgan fingerprint density at radius 1 is 1.19 bits per heavy atom. The molecule has 0 unspecified atom stereocenters. The summed E-state index contributed by atoms with van der Waals surface area (Å²) in [4.78, 5) is 20.9. The van der Waals surface area contributed by atoms with E-state index >= 15 is 0 Å². The number of nitriles is 1. The van der Waals surface area contributed by atoms with Crippen LogP contribution in [0.25, 0.3) is 0 Å². The van der Waals surface area contributed by atoms with Gasteiger partial charge in [-0.2, -0.15) is 10.2 Å². The van der Waals surface area contributed by atoms with Crippen LogP contribution in [0.4, 0.5) is 10.6 Å². The van der Waals surface area contributed by atoms with Crippen molar-refractivity contribution in [3.8, 4) is 11.9 Å². The molecular weight excluding hydrogens is 394 g/mol. The smallest absolute Gasteiger partial charge is 0.407 e. The van der Waals surface area contributed by atoms with Crippen molar-refractivity contribution in [3.05, 3.63) is 11.9 Å². The molecule has 1 aliphatic heterocycles. The van der Waals surface area contributed by atoms with Gasteiger partial charge in [-0.3, -0.25) is 0 Å². The summed E-state index contributed by atoms with van der Waals surface area (Å²) in [5.74, 6) is 2.31. The molecule has 1 spiro atoms. The second kappa shape index (κ2) is 9.71. The minimum Gasteiger partial charge on any atom is -0.477 e. The lowest BCUT2D eigenvalue weighted by Crippen LogP contribution is -2.37. The van der Waals surface area contributed by atoms with Crippen molar-refractivity contribution >= 4 is 11.9 Å². The van der Waals surface area contributed by atoms with Gasteiger partial charge >= 0.3 is 6.09 Å². The number of nitrogens with zero attached hydrogens (tertiary/aromatic N) is 4. The molecule has 1 amide bonds. The second-order valence-corrected chi connectivity index (χ2v) is 9.55. The molecule has 8 heteroatoms. The van der Waals surface area contributed by atoms with Gasteiger partial charge in [0.05, 0.1) is 6.61 Å². The lowest BCUT2D eigenvalue weighted by molar-refractivity contribution is 0.0581. The number of rotatable bonds is 7. The first-order valence-electron chi connectivity index (χ1n) is 11.7. The average Bonchev–Trinajstić information content (AvgIpc) is 2.77. The minimum absolute atomic E-state index is 0.117. The number of carbonyl (C=O) groups is 1. The van der Waals surface area contributed by atoms with E-state index in [9.17, 15) is 10.1 Å². The zero-order chi connectivity index (χ0) is 21.7. The molecule has 2 N–H and O–H groups in total. The van der Waals surface area contributed by atoms with Gasteiger partial charge in [-0.1, -0.05) is 6.42 Å². The van der Waals surface area contributed by atoms with E-state index in [0.29, 0.717) is 48.6 Å². The Hall–Kier alpha value is -2.56. The number of likely N-dealkylation sites (tertiary alicyclic amines) is 1. The third-order valence-electron chi connectivity index (χ3n) is 7.62. The van der Waals surface area contributed by atoms with Gasteiger partial charge in [0.25, 0.3) is 0 Å². The van der Waals surface area contributed by atoms with E-state index in [1.54, 1.807) is 6.07 Å². The van der Waals surface area contributed by atoms with Gasteiger partial charge in [0.15, 0.2) is 0 Å². The maximum absolute atomic E-state index is 11.0. The first-order valence-corrected chi connectivity index (χ1v) is 11.7. The summed E-state index contributed by atoms with van der Waals surface area (Å²) < 4.78 is 5.84. The van der Waals surface area contributed by atoms with Gasteiger partial charge in [-0.05, 0) is 75.0 Å². The zero-order valence-corrected chi connectivity index (χ0v) is 18.2. The van der Waals surface area contributed by atoms with E-state index in [-0.39, 0.29) is 5.82 Å². The molecule has 31 heavy (non-hydrogen) atoms. The van der Waals surface area contributed by atoms with Crippen molar-refractivity contribution in [2.24, 2.45) is 17.3 Å². The van der Waals surface area contributed by atoms with Gasteiger partial charge in [0, 0.05) is 25.7 Å². The van der Waals surface area contributed by atoms with Gasteiger partial charge in [0.2, 0.25) is 11.7 Å². The number of piperidine rings is 1. The predicted octanol–water partition coefficient (Wildman–Crippen LogP) is 4.28. The monoisotopic (exact) mass is 427 g/mol. The van der Waals surface area contributed by atoms with E-state index in [2.05, 4.69) is 15.3 Å². The Balaban J connectivity index is 1.23. The van der Waals surface area contributed by atoms with Crippen LogP contribution >= 0.6 is 0 Å².